The third-order valence-corrected chi connectivity index (χ3v) is 5.16. The summed E-state index contributed by atoms with van der Waals surface area (Å²) in [5.74, 6) is 0.123. The van der Waals surface area contributed by atoms with Crippen LogP contribution in [0.15, 0.2) is 6.07 Å². The number of thiophene rings is 1. The van der Waals surface area contributed by atoms with Crippen molar-refractivity contribution in [1.29, 1.82) is 0 Å². The zero-order chi connectivity index (χ0) is 14.0. The molecule has 0 aromatic carbocycles. The molecule has 0 radical (unpaired) electrons. The van der Waals surface area contributed by atoms with Gasteiger partial charge >= 0.3 is 0 Å². The highest BCUT2D eigenvalue weighted by Gasteiger charge is 2.32. The molecule has 106 valence electrons. The van der Waals surface area contributed by atoms with Crippen molar-refractivity contribution in [2.45, 2.75) is 65.8 Å². The molecule has 1 heterocycles. The third kappa shape index (κ3) is 3.59. The Balaban J connectivity index is 1.98. The van der Waals surface area contributed by atoms with Crippen LogP contribution in [0.1, 0.15) is 66.6 Å². The molecule has 0 aliphatic heterocycles. The van der Waals surface area contributed by atoms with Crippen LogP contribution in [0.2, 0.25) is 0 Å². The molecule has 3 heteroatoms. The van der Waals surface area contributed by atoms with Crippen molar-refractivity contribution in [3.63, 3.8) is 0 Å². The number of rotatable bonds is 4. The molecule has 0 saturated heterocycles. The first-order valence-electron chi connectivity index (χ1n) is 7.31. The van der Waals surface area contributed by atoms with E-state index in [1.165, 1.54) is 16.9 Å². The Kier molecular flexibility index (Phi) is 4.34. The maximum Gasteiger partial charge on any atom is 0.261 e. The molecule has 0 bridgehead atoms. The van der Waals surface area contributed by atoms with Gasteiger partial charge in [0.1, 0.15) is 0 Å². The van der Waals surface area contributed by atoms with Crippen molar-refractivity contribution in [3.05, 3.63) is 21.4 Å². The lowest BCUT2D eigenvalue weighted by Gasteiger charge is -2.17. The van der Waals surface area contributed by atoms with Gasteiger partial charge < -0.3 is 5.32 Å². The van der Waals surface area contributed by atoms with Crippen LogP contribution in [0.25, 0.3) is 0 Å². The maximum absolute atomic E-state index is 12.3. The van der Waals surface area contributed by atoms with E-state index in [1.807, 2.05) is 0 Å². The van der Waals surface area contributed by atoms with E-state index in [0.717, 1.165) is 30.6 Å². The van der Waals surface area contributed by atoms with E-state index in [4.69, 9.17) is 0 Å². The summed E-state index contributed by atoms with van der Waals surface area (Å²) in [7, 11) is 0. The molecule has 1 N–H and O–H groups in total. The van der Waals surface area contributed by atoms with Gasteiger partial charge in [0.25, 0.3) is 5.91 Å². The van der Waals surface area contributed by atoms with Crippen LogP contribution in [0.3, 0.4) is 0 Å². The topological polar surface area (TPSA) is 29.1 Å². The highest BCUT2D eigenvalue weighted by atomic mass is 32.1. The van der Waals surface area contributed by atoms with Crippen LogP contribution >= 0.6 is 11.3 Å². The van der Waals surface area contributed by atoms with Gasteiger partial charge in [-0.05, 0) is 49.7 Å². The average molecular weight is 279 g/mol. The molecule has 1 aliphatic carbocycles. The lowest BCUT2D eigenvalue weighted by molar-refractivity contribution is 0.0940. The zero-order valence-corrected chi connectivity index (χ0v) is 13.3. The first-order chi connectivity index (χ1) is 8.91. The Hall–Kier alpha value is -0.830. The van der Waals surface area contributed by atoms with E-state index in [0.29, 0.717) is 11.5 Å². The summed E-state index contributed by atoms with van der Waals surface area (Å²) in [5, 5.41) is 3.20. The van der Waals surface area contributed by atoms with Gasteiger partial charge in [-0.2, -0.15) is 0 Å². The minimum absolute atomic E-state index is 0.123. The van der Waals surface area contributed by atoms with Crippen molar-refractivity contribution in [3.8, 4) is 0 Å². The quantitative estimate of drug-likeness (QED) is 0.874. The first-order valence-corrected chi connectivity index (χ1v) is 8.13. The fourth-order valence-corrected chi connectivity index (χ4v) is 3.94. The molecule has 1 amide bonds. The number of hydrogen-bond donors (Lipinski definition) is 1. The molecule has 1 aromatic heterocycles. The molecule has 19 heavy (non-hydrogen) atoms. The molecule has 1 aromatic rings. The predicted octanol–water partition coefficient (Wildman–Crippen LogP) is 4.32. The second-order valence-corrected chi connectivity index (χ2v) is 7.78. The molecule has 2 rings (SSSR count). The highest BCUT2D eigenvalue weighted by Crippen LogP contribution is 2.37. The van der Waals surface area contributed by atoms with Crippen molar-refractivity contribution in [1.82, 2.24) is 5.32 Å². The van der Waals surface area contributed by atoms with Gasteiger partial charge in [-0.3, -0.25) is 4.79 Å². The van der Waals surface area contributed by atoms with Gasteiger partial charge in [0, 0.05) is 10.9 Å². The molecule has 2 nitrogen and oxygen atoms in total. The molecule has 1 fully saturated rings. The fraction of sp³-hybridized carbons (Fsp3) is 0.688. The van der Waals surface area contributed by atoms with Crippen LogP contribution in [0.4, 0.5) is 0 Å². The number of nitrogens with one attached hydrogen (secondary N) is 1. The summed E-state index contributed by atoms with van der Waals surface area (Å²) in [6, 6.07) is 2.44. The van der Waals surface area contributed by atoms with E-state index in [-0.39, 0.29) is 5.91 Å². The molecule has 0 spiro atoms. The summed E-state index contributed by atoms with van der Waals surface area (Å²) in [6.07, 6.45) is 5.64. The Labute approximate surface area is 120 Å². The zero-order valence-electron chi connectivity index (χ0n) is 12.5. The van der Waals surface area contributed by atoms with E-state index in [1.54, 1.807) is 11.3 Å². The Bertz CT molecular complexity index is 461. The minimum atomic E-state index is 0.123. The smallest absolute Gasteiger partial charge is 0.261 e. The predicted molar refractivity (Wildman–Crippen MR) is 81.9 cm³/mol. The second-order valence-electron chi connectivity index (χ2n) is 6.52. The highest BCUT2D eigenvalue weighted by molar-refractivity contribution is 7.14. The Morgan fingerprint density at radius 1 is 1.53 bits per heavy atom. The van der Waals surface area contributed by atoms with Crippen molar-refractivity contribution < 1.29 is 4.79 Å². The monoisotopic (exact) mass is 279 g/mol. The van der Waals surface area contributed by atoms with E-state index in [2.05, 4.69) is 39.1 Å². The largest absolute Gasteiger partial charge is 0.349 e. The third-order valence-electron chi connectivity index (χ3n) is 4.07. The number of hydrogen-bond acceptors (Lipinski definition) is 2. The standard InChI is InChI=1S/C16H25NOS/c1-5-6-12-9-14(19-11(12)2)15(18)17-13-7-8-16(3,4)10-13/h9,13H,5-8,10H2,1-4H3,(H,17,18). The van der Waals surface area contributed by atoms with Crippen LogP contribution in [0, 0.1) is 12.3 Å². The summed E-state index contributed by atoms with van der Waals surface area (Å²) in [6.45, 7) is 8.87. The van der Waals surface area contributed by atoms with E-state index < -0.39 is 0 Å². The Morgan fingerprint density at radius 2 is 2.26 bits per heavy atom. The van der Waals surface area contributed by atoms with Crippen LogP contribution in [-0.2, 0) is 6.42 Å². The number of aryl methyl sites for hydroxylation is 2. The van der Waals surface area contributed by atoms with E-state index in [9.17, 15) is 4.79 Å². The molecule has 1 aliphatic rings. The lowest BCUT2D eigenvalue weighted by Crippen LogP contribution is -2.33. The maximum atomic E-state index is 12.3. The first kappa shape index (κ1) is 14.6. The van der Waals surface area contributed by atoms with Crippen LogP contribution in [0.5, 0.6) is 0 Å². The molecule has 1 unspecified atom stereocenters. The summed E-state index contributed by atoms with van der Waals surface area (Å²) in [4.78, 5) is 14.5. The summed E-state index contributed by atoms with van der Waals surface area (Å²) in [5.41, 5.74) is 1.72. The van der Waals surface area contributed by atoms with Crippen molar-refractivity contribution in [2.75, 3.05) is 0 Å². The number of amides is 1. The van der Waals surface area contributed by atoms with Gasteiger partial charge in [0.15, 0.2) is 0 Å². The summed E-state index contributed by atoms with van der Waals surface area (Å²) < 4.78 is 0. The Morgan fingerprint density at radius 3 is 2.84 bits per heavy atom. The van der Waals surface area contributed by atoms with Gasteiger partial charge in [0.2, 0.25) is 0 Å². The SMILES string of the molecule is CCCc1cc(C(=O)NC2CCC(C)(C)C2)sc1C. The van der Waals surface area contributed by atoms with Crippen molar-refractivity contribution in [2.24, 2.45) is 5.41 Å². The van der Waals surface area contributed by atoms with Crippen molar-refractivity contribution >= 4 is 17.2 Å². The average Bonchev–Trinajstić information content (AvgIpc) is 2.84. The number of carbonyl (C=O) groups is 1. The van der Waals surface area contributed by atoms with Crippen LogP contribution in [-0.4, -0.2) is 11.9 Å². The van der Waals surface area contributed by atoms with Gasteiger partial charge in [-0.25, -0.2) is 0 Å². The molecule has 1 saturated carbocycles. The van der Waals surface area contributed by atoms with Gasteiger partial charge in [-0.15, -0.1) is 11.3 Å². The molecule has 1 atom stereocenters. The normalized spacial score (nSPS) is 21.6. The summed E-state index contributed by atoms with van der Waals surface area (Å²) >= 11 is 1.63. The number of carbonyl (C=O) groups excluding carboxylic acids is 1. The second kappa shape index (κ2) is 5.66. The lowest BCUT2D eigenvalue weighted by atomic mass is 9.92. The van der Waals surface area contributed by atoms with Gasteiger partial charge in [-0.1, -0.05) is 27.2 Å². The fourth-order valence-electron chi connectivity index (χ4n) is 2.97. The van der Waals surface area contributed by atoms with Crippen LogP contribution < -0.4 is 5.32 Å². The molecular weight excluding hydrogens is 254 g/mol. The van der Waals surface area contributed by atoms with Gasteiger partial charge in [0.05, 0.1) is 4.88 Å². The minimum Gasteiger partial charge on any atom is -0.349 e. The molecular formula is C16H25NOS. The van der Waals surface area contributed by atoms with E-state index >= 15 is 0 Å².